The maximum atomic E-state index is 12.9. The van der Waals surface area contributed by atoms with Crippen molar-refractivity contribution in [3.8, 4) is 12.3 Å². The first kappa shape index (κ1) is 14.2. The number of amides is 1. The highest BCUT2D eigenvalue weighted by molar-refractivity contribution is 7.09. The largest absolute Gasteiger partial charge is 0.322 e. The molecular weight excluding hydrogens is 275 g/mol. The first-order valence-corrected chi connectivity index (χ1v) is 6.87. The molecule has 1 amide bonds. The van der Waals surface area contributed by atoms with Gasteiger partial charge in [0.15, 0.2) is 0 Å². The van der Waals surface area contributed by atoms with Crippen LogP contribution in [0.1, 0.15) is 21.1 Å². The van der Waals surface area contributed by atoms with Gasteiger partial charge in [-0.05, 0) is 24.6 Å². The van der Waals surface area contributed by atoms with E-state index in [4.69, 9.17) is 6.42 Å². The summed E-state index contributed by atoms with van der Waals surface area (Å²) in [6.07, 6.45) is 5.31. The van der Waals surface area contributed by atoms with Crippen LogP contribution in [-0.4, -0.2) is 22.3 Å². The number of benzene rings is 1. The molecule has 0 aliphatic heterocycles. The monoisotopic (exact) mass is 288 g/mol. The van der Waals surface area contributed by atoms with Gasteiger partial charge in [-0.3, -0.25) is 4.79 Å². The molecule has 1 aromatic heterocycles. The molecule has 1 heterocycles. The van der Waals surface area contributed by atoms with Crippen LogP contribution in [0.3, 0.4) is 0 Å². The smallest absolute Gasteiger partial charge is 0.274 e. The third-order valence-corrected chi connectivity index (χ3v) is 3.47. The van der Waals surface area contributed by atoms with Gasteiger partial charge in [0.2, 0.25) is 0 Å². The van der Waals surface area contributed by atoms with E-state index < -0.39 is 0 Å². The second-order valence-corrected chi connectivity index (χ2v) is 5.31. The van der Waals surface area contributed by atoms with Crippen molar-refractivity contribution in [2.45, 2.75) is 13.5 Å². The van der Waals surface area contributed by atoms with Crippen LogP contribution in [0.25, 0.3) is 0 Å². The van der Waals surface area contributed by atoms with Crippen molar-refractivity contribution in [1.29, 1.82) is 0 Å². The number of thiazole rings is 1. The fourth-order valence-corrected chi connectivity index (χ4v) is 2.33. The zero-order valence-corrected chi connectivity index (χ0v) is 11.8. The van der Waals surface area contributed by atoms with Crippen molar-refractivity contribution in [2.75, 3.05) is 6.54 Å². The lowest BCUT2D eigenvalue weighted by Crippen LogP contribution is -2.31. The molecule has 0 radical (unpaired) electrons. The molecule has 0 saturated heterocycles. The minimum atomic E-state index is -0.307. The SMILES string of the molecule is C#CCN(Cc1ccc(F)cc1)C(=O)c1csc(C)n1. The Morgan fingerprint density at radius 1 is 1.45 bits per heavy atom. The molecule has 0 N–H and O–H groups in total. The zero-order valence-electron chi connectivity index (χ0n) is 11.0. The Balaban J connectivity index is 2.16. The fourth-order valence-electron chi connectivity index (χ4n) is 1.74. The Kier molecular flexibility index (Phi) is 4.49. The Hall–Kier alpha value is -2.19. The fraction of sp³-hybridized carbons (Fsp3) is 0.200. The Bertz CT molecular complexity index is 643. The van der Waals surface area contributed by atoms with E-state index in [1.165, 1.54) is 28.4 Å². The summed E-state index contributed by atoms with van der Waals surface area (Å²) in [6, 6.07) is 6.00. The zero-order chi connectivity index (χ0) is 14.5. The molecule has 2 rings (SSSR count). The molecule has 0 fully saturated rings. The molecule has 0 aliphatic rings. The van der Waals surface area contributed by atoms with Gasteiger partial charge in [0, 0.05) is 11.9 Å². The molecule has 0 saturated carbocycles. The van der Waals surface area contributed by atoms with Crippen LogP contribution in [0, 0.1) is 25.1 Å². The first-order valence-electron chi connectivity index (χ1n) is 5.99. The average molecular weight is 288 g/mol. The van der Waals surface area contributed by atoms with Crippen LogP contribution in [0.4, 0.5) is 4.39 Å². The average Bonchev–Trinajstić information content (AvgIpc) is 2.86. The van der Waals surface area contributed by atoms with Crippen molar-refractivity contribution < 1.29 is 9.18 Å². The van der Waals surface area contributed by atoms with Gasteiger partial charge in [-0.15, -0.1) is 17.8 Å². The van der Waals surface area contributed by atoms with Gasteiger partial charge in [0.1, 0.15) is 11.5 Å². The van der Waals surface area contributed by atoms with Gasteiger partial charge in [-0.2, -0.15) is 0 Å². The van der Waals surface area contributed by atoms with Gasteiger partial charge in [-0.25, -0.2) is 9.37 Å². The quantitative estimate of drug-likeness (QED) is 0.811. The molecule has 5 heteroatoms. The summed E-state index contributed by atoms with van der Waals surface area (Å²) in [5.41, 5.74) is 1.21. The number of halogens is 1. The summed E-state index contributed by atoms with van der Waals surface area (Å²) < 4.78 is 12.9. The second-order valence-electron chi connectivity index (χ2n) is 4.24. The van der Waals surface area contributed by atoms with Gasteiger partial charge < -0.3 is 4.90 Å². The van der Waals surface area contributed by atoms with E-state index in [0.717, 1.165) is 10.6 Å². The highest BCUT2D eigenvalue weighted by atomic mass is 32.1. The summed E-state index contributed by atoms with van der Waals surface area (Å²) in [4.78, 5) is 18.0. The lowest BCUT2D eigenvalue weighted by Gasteiger charge is -2.19. The summed E-state index contributed by atoms with van der Waals surface area (Å²) in [5.74, 6) is 1.95. The van der Waals surface area contributed by atoms with Crippen LogP contribution in [0.5, 0.6) is 0 Å². The number of aryl methyl sites for hydroxylation is 1. The molecule has 0 spiro atoms. The molecule has 2 aromatic rings. The third kappa shape index (κ3) is 3.43. The molecular formula is C15H13FN2OS. The number of nitrogens with zero attached hydrogens (tertiary/aromatic N) is 2. The normalized spacial score (nSPS) is 10.1. The van der Waals surface area contributed by atoms with Gasteiger partial charge >= 0.3 is 0 Å². The molecule has 0 atom stereocenters. The predicted molar refractivity (Wildman–Crippen MR) is 76.8 cm³/mol. The van der Waals surface area contributed by atoms with Crippen LogP contribution in [-0.2, 0) is 6.54 Å². The van der Waals surface area contributed by atoms with Crippen molar-refractivity contribution >= 4 is 17.2 Å². The van der Waals surface area contributed by atoms with Crippen LogP contribution in [0.2, 0.25) is 0 Å². The van der Waals surface area contributed by atoms with E-state index in [0.29, 0.717) is 12.2 Å². The maximum Gasteiger partial charge on any atom is 0.274 e. The van der Waals surface area contributed by atoms with Crippen molar-refractivity contribution in [3.63, 3.8) is 0 Å². The standard InChI is InChI=1S/C15H13FN2OS/c1-3-8-18(9-12-4-6-13(16)7-5-12)15(19)14-10-20-11(2)17-14/h1,4-7,10H,8-9H2,2H3. The number of terminal acetylenes is 1. The minimum absolute atomic E-state index is 0.187. The number of carbonyl (C=O) groups is 1. The van der Waals surface area contributed by atoms with E-state index in [-0.39, 0.29) is 18.3 Å². The summed E-state index contributed by atoms with van der Waals surface area (Å²) in [7, 11) is 0. The number of aromatic nitrogens is 1. The lowest BCUT2D eigenvalue weighted by molar-refractivity contribution is 0.0760. The van der Waals surface area contributed by atoms with Gasteiger partial charge in [0.05, 0.1) is 11.6 Å². The van der Waals surface area contributed by atoms with E-state index in [2.05, 4.69) is 10.9 Å². The first-order chi connectivity index (χ1) is 9.60. The van der Waals surface area contributed by atoms with E-state index in [9.17, 15) is 9.18 Å². The van der Waals surface area contributed by atoms with Crippen LogP contribution < -0.4 is 0 Å². The van der Waals surface area contributed by atoms with Gasteiger partial charge in [-0.1, -0.05) is 18.1 Å². The van der Waals surface area contributed by atoms with E-state index in [1.807, 2.05) is 6.92 Å². The molecule has 0 aliphatic carbocycles. The van der Waals surface area contributed by atoms with Crippen molar-refractivity contribution in [1.82, 2.24) is 9.88 Å². The minimum Gasteiger partial charge on any atom is -0.322 e. The van der Waals surface area contributed by atoms with Crippen LogP contribution in [0.15, 0.2) is 29.6 Å². The van der Waals surface area contributed by atoms with Crippen molar-refractivity contribution in [3.05, 3.63) is 51.7 Å². The molecule has 1 aromatic carbocycles. The highest BCUT2D eigenvalue weighted by Gasteiger charge is 2.17. The number of carbonyl (C=O) groups excluding carboxylic acids is 1. The molecule has 0 unspecified atom stereocenters. The molecule has 102 valence electrons. The number of hydrogen-bond donors (Lipinski definition) is 0. The second kappa shape index (κ2) is 6.31. The topological polar surface area (TPSA) is 33.2 Å². The summed E-state index contributed by atoms with van der Waals surface area (Å²) in [5, 5.41) is 2.54. The van der Waals surface area contributed by atoms with E-state index >= 15 is 0 Å². The lowest BCUT2D eigenvalue weighted by atomic mass is 10.2. The Morgan fingerprint density at radius 3 is 2.70 bits per heavy atom. The summed E-state index contributed by atoms with van der Waals surface area (Å²) in [6.45, 7) is 2.36. The molecule has 0 bridgehead atoms. The highest BCUT2D eigenvalue weighted by Crippen LogP contribution is 2.13. The number of rotatable bonds is 4. The molecule has 3 nitrogen and oxygen atoms in total. The van der Waals surface area contributed by atoms with E-state index in [1.54, 1.807) is 17.5 Å². The van der Waals surface area contributed by atoms with Gasteiger partial charge in [0.25, 0.3) is 5.91 Å². The molecule has 20 heavy (non-hydrogen) atoms. The predicted octanol–water partition coefficient (Wildman–Crippen LogP) is 2.87. The third-order valence-electron chi connectivity index (χ3n) is 2.69. The number of hydrogen-bond acceptors (Lipinski definition) is 3. The summed E-state index contributed by atoms with van der Waals surface area (Å²) >= 11 is 1.42. The Morgan fingerprint density at radius 2 is 2.15 bits per heavy atom. The maximum absolute atomic E-state index is 12.9. The Labute approximate surface area is 121 Å². The van der Waals surface area contributed by atoms with Crippen LogP contribution >= 0.6 is 11.3 Å². The van der Waals surface area contributed by atoms with Crippen molar-refractivity contribution in [2.24, 2.45) is 0 Å².